The van der Waals surface area contributed by atoms with Gasteiger partial charge in [-0.25, -0.2) is 0 Å². The van der Waals surface area contributed by atoms with Crippen LogP contribution in [0.2, 0.25) is 0 Å². The number of imide groups is 1. The summed E-state index contributed by atoms with van der Waals surface area (Å²) < 4.78 is 5.61. The van der Waals surface area contributed by atoms with Gasteiger partial charge in [0, 0.05) is 11.1 Å². The van der Waals surface area contributed by atoms with Crippen LogP contribution in [0.25, 0.3) is 16.3 Å². The molecule has 0 aromatic heterocycles. The van der Waals surface area contributed by atoms with E-state index in [0.717, 1.165) is 33.2 Å². The Bertz CT molecular complexity index is 1220. The minimum atomic E-state index is -0.328. The van der Waals surface area contributed by atoms with E-state index in [0.29, 0.717) is 17.9 Å². The van der Waals surface area contributed by atoms with Crippen LogP contribution in [0.4, 0.5) is 5.69 Å². The van der Waals surface area contributed by atoms with E-state index in [1.165, 1.54) is 4.90 Å². The Morgan fingerprint density at radius 2 is 1.69 bits per heavy atom. The van der Waals surface area contributed by atoms with Crippen LogP contribution in [0.1, 0.15) is 30.5 Å². The summed E-state index contributed by atoms with van der Waals surface area (Å²) >= 11 is 0. The molecular weight excluding hydrogens is 400 g/mol. The molecule has 4 rings (SSSR count). The molecule has 5 heteroatoms. The zero-order chi connectivity index (χ0) is 22.8. The maximum absolute atomic E-state index is 13.4. The fourth-order valence-electron chi connectivity index (χ4n) is 4.09. The van der Waals surface area contributed by atoms with E-state index in [4.69, 9.17) is 4.74 Å². The van der Waals surface area contributed by atoms with Gasteiger partial charge in [-0.3, -0.25) is 14.5 Å². The first-order chi connectivity index (χ1) is 15.4. The molecule has 3 aromatic rings. The summed E-state index contributed by atoms with van der Waals surface area (Å²) in [4.78, 5) is 28.2. The minimum absolute atomic E-state index is 0.0304. The summed E-state index contributed by atoms with van der Waals surface area (Å²) in [6, 6.07) is 19.8. The van der Waals surface area contributed by atoms with Gasteiger partial charge in [0.25, 0.3) is 11.8 Å². The number of hydrogen-bond donors (Lipinski definition) is 1. The second-order valence-corrected chi connectivity index (χ2v) is 8.40. The lowest BCUT2D eigenvalue weighted by molar-refractivity contribution is -0.137. The van der Waals surface area contributed by atoms with Gasteiger partial charge in [-0.05, 0) is 50.3 Å². The Labute approximate surface area is 188 Å². The van der Waals surface area contributed by atoms with Crippen LogP contribution in [0, 0.1) is 13.8 Å². The molecule has 0 radical (unpaired) electrons. The average Bonchev–Trinajstić information content (AvgIpc) is 2.98. The minimum Gasteiger partial charge on any atom is -0.377 e. The van der Waals surface area contributed by atoms with Crippen molar-refractivity contribution in [1.82, 2.24) is 4.90 Å². The monoisotopic (exact) mass is 428 g/mol. The first-order valence-corrected chi connectivity index (χ1v) is 10.9. The first kappa shape index (κ1) is 21.8. The van der Waals surface area contributed by atoms with Crippen molar-refractivity contribution in [2.24, 2.45) is 0 Å². The van der Waals surface area contributed by atoms with Crippen LogP contribution < -0.4 is 5.32 Å². The Balaban J connectivity index is 1.78. The highest BCUT2D eigenvalue weighted by molar-refractivity contribution is 6.37. The van der Waals surface area contributed by atoms with E-state index >= 15 is 0 Å². The van der Waals surface area contributed by atoms with E-state index in [1.807, 2.05) is 88.4 Å². The molecular formula is C27H28N2O3. The third kappa shape index (κ3) is 4.16. The average molecular weight is 429 g/mol. The summed E-state index contributed by atoms with van der Waals surface area (Å²) in [5, 5.41) is 5.36. The van der Waals surface area contributed by atoms with Crippen LogP contribution in [-0.4, -0.2) is 36.0 Å². The van der Waals surface area contributed by atoms with Gasteiger partial charge in [-0.1, -0.05) is 60.2 Å². The summed E-state index contributed by atoms with van der Waals surface area (Å²) in [6.07, 6.45) is 0.0304. The lowest BCUT2D eigenvalue weighted by Crippen LogP contribution is -2.35. The molecule has 0 bridgehead atoms. The molecule has 0 atom stereocenters. The topological polar surface area (TPSA) is 58.6 Å². The van der Waals surface area contributed by atoms with Gasteiger partial charge in [-0.2, -0.15) is 0 Å². The summed E-state index contributed by atoms with van der Waals surface area (Å²) in [5.74, 6) is -0.623. The third-order valence-electron chi connectivity index (χ3n) is 5.63. The fraction of sp³-hybridized carbons (Fsp3) is 0.259. The van der Waals surface area contributed by atoms with E-state index in [2.05, 4.69) is 5.32 Å². The smallest absolute Gasteiger partial charge is 0.278 e. The fourth-order valence-corrected chi connectivity index (χ4v) is 4.09. The van der Waals surface area contributed by atoms with Gasteiger partial charge in [-0.15, -0.1) is 0 Å². The van der Waals surface area contributed by atoms with Crippen molar-refractivity contribution in [3.63, 3.8) is 0 Å². The summed E-state index contributed by atoms with van der Waals surface area (Å²) in [7, 11) is 0. The van der Waals surface area contributed by atoms with Gasteiger partial charge >= 0.3 is 0 Å². The standard InChI is InChI=1S/C27H28N2O3/c1-17(2)32-15-14-29-26(30)24(21-13-12-18(3)16-19(21)4)25(27(29)31)28-23-11-7-9-20-8-5-6-10-22(20)23/h5-13,16-17,28H,14-15H2,1-4H3. The van der Waals surface area contributed by atoms with E-state index in [1.54, 1.807) is 0 Å². The maximum atomic E-state index is 13.4. The van der Waals surface area contributed by atoms with E-state index in [9.17, 15) is 9.59 Å². The number of rotatable bonds is 7. The lowest BCUT2D eigenvalue weighted by Gasteiger charge is -2.17. The van der Waals surface area contributed by atoms with Gasteiger partial charge in [0.15, 0.2) is 0 Å². The molecule has 1 N–H and O–H groups in total. The molecule has 5 nitrogen and oxygen atoms in total. The zero-order valence-electron chi connectivity index (χ0n) is 18.9. The van der Waals surface area contributed by atoms with Crippen LogP contribution in [0.3, 0.4) is 0 Å². The molecule has 3 aromatic carbocycles. The van der Waals surface area contributed by atoms with Crippen LogP contribution >= 0.6 is 0 Å². The zero-order valence-corrected chi connectivity index (χ0v) is 18.9. The molecule has 1 aliphatic heterocycles. The third-order valence-corrected chi connectivity index (χ3v) is 5.63. The lowest BCUT2D eigenvalue weighted by atomic mass is 9.97. The molecule has 0 fully saturated rings. The van der Waals surface area contributed by atoms with Gasteiger partial charge < -0.3 is 10.1 Å². The van der Waals surface area contributed by atoms with E-state index < -0.39 is 0 Å². The van der Waals surface area contributed by atoms with Crippen molar-refractivity contribution in [3.8, 4) is 0 Å². The predicted molar refractivity (Wildman–Crippen MR) is 128 cm³/mol. The van der Waals surface area contributed by atoms with Gasteiger partial charge in [0.2, 0.25) is 0 Å². The second-order valence-electron chi connectivity index (χ2n) is 8.40. The molecule has 32 heavy (non-hydrogen) atoms. The van der Waals surface area contributed by atoms with Crippen LogP contribution in [-0.2, 0) is 14.3 Å². The van der Waals surface area contributed by atoms with Crippen molar-refractivity contribution in [2.45, 2.75) is 33.8 Å². The van der Waals surface area contributed by atoms with E-state index in [-0.39, 0.29) is 24.5 Å². The predicted octanol–water partition coefficient (Wildman–Crippen LogP) is 5.07. The highest BCUT2D eigenvalue weighted by Crippen LogP contribution is 2.34. The van der Waals surface area contributed by atoms with Crippen molar-refractivity contribution >= 4 is 33.8 Å². The molecule has 0 saturated carbocycles. The van der Waals surface area contributed by atoms with Crippen molar-refractivity contribution < 1.29 is 14.3 Å². The number of anilines is 1. The number of fused-ring (bicyclic) bond motifs is 1. The van der Waals surface area contributed by atoms with Gasteiger partial charge in [0.1, 0.15) is 5.70 Å². The molecule has 1 heterocycles. The number of nitrogens with zero attached hydrogens (tertiary/aromatic N) is 1. The van der Waals surface area contributed by atoms with Crippen molar-refractivity contribution in [2.75, 3.05) is 18.5 Å². The van der Waals surface area contributed by atoms with Crippen molar-refractivity contribution in [3.05, 3.63) is 83.1 Å². The Kier molecular flexibility index (Phi) is 6.10. The number of carbonyl (C=O) groups excluding carboxylic acids is 2. The number of benzene rings is 3. The molecule has 0 unspecified atom stereocenters. The SMILES string of the molecule is Cc1ccc(C2=C(Nc3cccc4ccccc34)C(=O)N(CCOC(C)C)C2=O)c(C)c1. The maximum Gasteiger partial charge on any atom is 0.278 e. The van der Waals surface area contributed by atoms with Crippen LogP contribution in [0.15, 0.2) is 66.4 Å². The molecule has 0 aliphatic carbocycles. The van der Waals surface area contributed by atoms with Crippen molar-refractivity contribution in [1.29, 1.82) is 0 Å². The molecule has 0 spiro atoms. The number of carbonyl (C=O) groups is 2. The Morgan fingerprint density at radius 1 is 0.938 bits per heavy atom. The number of amides is 2. The molecule has 2 amide bonds. The Hall–Kier alpha value is -3.44. The number of nitrogens with one attached hydrogen (secondary N) is 1. The first-order valence-electron chi connectivity index (χ1n) is 10.9. The number of hydrogen-bond acceptors (Lipinski definition) is 4. The van der Waals surface area contributed by atoms with Gasteiger partial charge in [0.05, 0.1) is 24.8 Å². The normalized spacial score (nSPS) is 14.2. The Morgan fingerprint density at radius 3 is 2.44 bits per heavy atom. The molecule has 164 valence electrons. The highest BCUT2D eigenvalue weighted by atomic mass is 16.5. The number of aryl methyl sites for hydroxylation is 2. The highest BCUT2D eigenvalue weighted by Gasteiger charge is 2.39. The summed E-state index contributed by atoms with van der Waals surface area (Å²) in [6.45, 7) is 8.35. The number of ether oxygens (including phenoxy) is 1. The van der Waals surface area contributed by atoms with Crippen LogP contribution in [0.5, 0.6) is 0 Å². The largest absolute Gasteiger partial charge is 0.377 e. The molecule has 1 aliphatic rings. The molecule has 0 saturated heterocycles. The summed E-state index contributed by atoms with van der Waals surface area (Å²) in [5.41, 5.74) is 4.34. The quantitative estimate of drug-likeness (QED) is 0.534. The second kappa shape index (κ2) is 8.97.